The molecule has 2 aliphatic heterocycles. The van der Waals surface area contributed by atoms with E-state index in [4.69, 9.17) is 0 Å². The molecule has 4 rings (SSSR count). The summed E-state index contributed by atoms with van der Waals surface area (Å²) in [5, 5.41) is -0.181. The fourth-order valence-corrected chi connectivity index (χ4v) is 5.36. The SMILES string of the molecule is CN1CC[C@H](C(=O)N2Cc3nc(S(C)(=O)=O)ncc3CC2(C)C)[C@@H](c2ccccc2)C1. The first kappa shape index (κ1) is 21.9. The third-order valence-electron chi connectivity index (χ3n) is 6.55. The van der Waals surface area contributed by atoms with Gasteiger partial charge in [0.05, 0.1) is 12.2 Å². The monoisotopic (exact) mass is 442 g/mol. The number of fused-ring (bicyclic) bond motifs is 1. The van der Waals surface area contributed by atoms with Crippen LogP contribution in [0.25, 0.3) is 0 Å². The van der Waals surface area contributed by atoms with Crippen LogP contribution in [0.4, 0.5) is 0 Å². The number of hydrogen-bond acceptors (Lipinski definition) is 6. The highest BCUT2D eigenvalue weighted by molar-refractivity contribution is 7.90. The molecule has 0 aliphatic carbocycles. The summed E-state index contributed by atoms with van der Waals surface area (Å²) >= 11 is 0. The molecule has 166 valence electrons. The van der Waals surface area contributed by atoms with Crippen LogP contribution in [0.2, 0.25) is 0 Å². The molecule has 7 nitrogen and oxygen atoms in total. The Hall–Kier alpha value is -2.32. The Labute approximate surface area is 184 Å². The molecule has 0 bridgehead atoms. The zero-order valence-electron chi connectivity index (χ0n) is 18.6. The molecule has 0 radical (unpaired) electrons. The Bertz CT molecular complexity index is 1090. The molecule has 31 heavy (non-hydrogen) atoms. The molecule has 0 unspecified atom stereocenters. The van der Waals surface area contributed by atoms with Gasteiger partial charge in [-0.25, -0.2) is 18.4 Å². The summed E-state index contributed by atoms with van der Waals surface area (Å²) in [6.45, 7) is 6.15. The second kappa shape index (κ2) is 7.98. The average molecular weight is 443 g/mol. The van der Waals surface area contributed by atoms with E-state index in [0.29, 0.717) is 18.7 Å². The molecular weight excluding hydrogens is 412 g/mol. The molecule has 1 fully saturated rings. The lowest BCUT2D eigenvalue weighted by molar-refractivity contribution is -0.145. The van der Waals surface area contributed by atoms with Crippen molar-refractivity contribution in [2.45, 2.75) is 49.8 Å². The van der Waals surface area contributed by atoms with Gasteiger partial charge < -0.3 is 9.80 Å². The van der Waals surface area contributed by atoms with Crippen molar-refractivity contribution in [3.8, 4) is 0 Å². The molecule has 8 heteroatoms. The molecule has 0 saturated carbocycles. The normalized spacial score (nSPS) is 23.9. The molecule has 0 spiro atoms. The minimum absolute atomic E-state index is 0.115. The van der Waals surface area contributed by atoms with E-state index >= 15 is 0 Å². The first-order chi connectivity index (χ1) is 14.6. The van der Waals surface area contributed by atoms with E-state index in [1.165, 1.54) is 5.56 Å². The van der Waals surface area contributed by atoms with Crippen LogP contribution < -0.4 is 0 Å². The van der Waals surface area contributed by atoms with Crippen molar-refractivity contribution in [2.75, 3.05) is 26.4 Å². The van der Waals surface area contributed by atoms with Gasteiger partial charge in [0.25, 0.3) is 0 Å². The highest BCUT2D eigenvalue weighted by atomic mass is 32.2. The lowest BCUT2D eigenvalue weighted by Crippen LogP contribution is -2.55. The molecule has 2 aromatic rings. The highest BCUT2D eigenvalue weighted by Crippen LogP contribution is 2.37. The number of carbonyl (C=O) groups is 1. The first-order valence-corrected chi connectivity index (χ1v) is 12.6. The third kappa shape index (κ3) is 4.36. The lowest BCUT2D eigenvalue weighted by atomic mass is 9.78. The van der Waals surface area contributed by atoms with Gasteiger partial charge in [0.15, 0.2) is 0 Å². The fraction of sp³-hybridized carbons (Fsp3) is 0.522. The Morgan fingerprint density at radius 2 is 1.90 bits per heavy atom. The maximum absolute atomic E-state index is 13.9. The number of hydrogen-bond donors (Lipinski definition) is 0. The van der Waals surface area contributed by atoms with E-state index in [1.54, 1.807) is 6.20 Å². The second-order valence-electron chi connectivity index (χ2n) is 9.48. The molecular formula is C23H30N4O3S. The van der Waals surface area contributed by atoms with E-state index in [2.05, 4.69) is 47.9 Å². The van der Waals surface area contributed by atoms with Crippen LogP contribution in [0.1, 0.15) is 43.0 Å². The number of amides is 1. The number of rotatable bonds is 3. The molecule has 1 aromatic carbocycles. The van der Waals surface area contributed by atoms with Crippen molar-refractivity contribution in [3.05, 3.63) is 53.3 Å². The van der Waals surface area contributed by atoms with Gasteiger partial charge in [-0.15, -0.1) is 0 Å². The summed E-state index contributed by atoms with van der Waals surface area (Å²) in [6.07, 6.45) is 4.10. The van der Waals surface area contributed by atoms with Crippen LogP contribution in [0.5, 0.6) is 0 Å². The minimum atomic E-state index is -3.51. The quantitative estimate of drug-likeness (QED) is 0.678. The van der Waals surface area contributed by atoms with Gasteiger partial charge in [-0.2, -0.15) is 0 Å². The zero-order valence-corrected chi connectivity index (χ0v) is 19.4. The number of sulfone groups is 1. The predicted octanol–water partition coefficient (Wildman–Crippen LogP) is 2.28. The first-order valence-electron chi connectivity index (χ1n) is 10.7. The lowest BCUT2D eigenvalue weighted by Gasteiger charge is -2.46. The number of likely N-dealkylation sites (N-methyl/N-ethyl adjacent to an activating group) is 1. The van der Waals surface area contributed by atoms with E-state index in [1.807, 2.05) is 23.1 Å². The summed E-state index contributed by atoms with van der Waals surface area (Å²) < 4.78 is 23.9. The molecule has 1 saturated heterocycles. The van der Waals surface area contributed by atoms with E-state index < -0.39 is 15.4 Å². The van der Waals surface area contributed by atoms with E-state index in [0.717, 1.165) is 31.3 Å². The summed E-state index contributed by atoms with van der Waals surface area (Å²) in [4.78, 5) is 26.4. The summed E-state index contributed by atoms with van der Waals surface area (Å²) in [5.41, 5.74) is 2.32. The Balaban J connectivity index is 1.67. The van der Waals surface area contributed by atoms with Gasteiger partial charge in [-0.1, -0.05) is 30.3 Å². The van der Waals surface area contributed by atoms with Crippen molar-refractivity contribution in [3.63, 3.8) is 0 Å². The zero-order chi connectivity index (χ0) is 22.4. The van der Waals surface area contributed by atoms with Crippen molar-refractivity contribution in [1.29, 1.82) is 0 Å². The molecule has 1 amide bonds. The highest BCUT2D eigenvalue weighted by Gasteiger charge is 2.43. The van der Waals surface area contributed by atoms with E-state index in [9.17, 15) is 13.2 Å². The van der Waals surface area contributed by atoms with Crippen LogP contribution >= 0.6 is 0 Å². The molecule has 1 aromatic heterocycles. The smallest absolute Gasteiger partial charge is 0.247 e. The van der Waals surface area contributed by atoms with Crippen molar-refractivity contribution in [2.24, 2.45) is 5.92 Å². The van der Waals surface area contributed by atoms with Gasteiger partial charge >= 0.3 is 0 Å². The summed E-state index contributed by atoms with van der Waals surface area (Å²) in [6, 6.07) is 10.3. The molecule has 0 N–H and O–H groups in total. The third-order valence-corrected chi connectivity index (χ3v) is 7.41. The van der Waals surface area contributed by atoms with Gasteiger partial charge in [0, 0.05) is 36.4 Å². The van der Waals surface area contributed by atoms with Crippen LogP contribution in [-0.2, 0) is 27.6 Å². The maximum Gasteiger partial charge on any atom is 0.247 e. The van der Waals surface area contributed by atoms with E-state index in [-0.39, 0.29) is 22.9 Å². The van der Waals surface area contributed by atoms with Crippen LogP contribution in [0, 0.1) is 5.92 Å². The Morgan fingerprint density at radius 1 is 1.19 bits per heavy atom. The van der Waals surface area contributed by atoms with Crippen LogP contribution in [0.3, 0.4) is 0 Å². The number of aromatic nitrogens is 2. The maximum atomic E-state index is 13.9. The van der Waals surface area contributed by atoms with Crippen molar-refractivity contribution >= 4 is 15.7 Å². The fourth-order valence-electron chi connectivity index (χ4n) is 4.84. The van der Waals surface area contributed by atoms with Gasteiger partial charge in [0.1, 0.15) is 0 Å². The minimum Gasteiger partial charge on any atom is -0.331 e. The second-order valence-corrected chi connectivity index (χ2v) is 11.4. The van der Waals surface area contributed by atoms with Gasteiger partial charge in [0.2, 0.25) is 20.9 Å². The summed E-state index contributed by atoms with van der Waals surface area (Å²) in [5.74, 6) is 0.134. The molecule has 2 atom stereocenters. The average Bonchev–Trinajstić information content (AvgIpc) is 2.71. The van der Waals surface area contributed by atoms with Crippen LogP contribution in [-0.4, -0.2) is 66.0 Å². The number of likely N-dealkylation sites (tertiary alicyclic amines) is 1. The summed E-state index contributed by atoms with van der Waals surface area (Å²) in [7, 11) is -1.41. The predicted molar refractivity (Wildman–Crippen MR) is 118 cm³/mol. The number of benzene rings is 1. The molecule has 3 heterocycles. The Kier molecular flexibility index (Phi) is 5.64. The van der Waals surface area contributed by atoms with Crippen molar-refractivity contribution in [1.82, 2.24) is 19.8 Å². The topological polar surface area (TPSA) is 83.5 Å². The standard InChI is InChI=1S/C23H30N4O3S/c1-23(2)12-17-13-24-22(31(4,29)30)25-20(17)15-27(23)21(28)18-10-11-26(3)14-19(18)16-8-6-5-7-9-16/h5-9,13,18-19H,10-12,14-15H2,1-4H3/t18-,19+/m0/s1. The Morgan fingerprint density at radius 3 is 2.58 bits per heavy atom. The van der Waals surface area contributed by atoms with Gasteiger partial charge in [-0.3, -0.25) is 4.79 Å². The number of carbonyl (C=O) groups excluding carboxylic acids is 1. The number of piperidine rings is 1. The van der Waals surface area contributed by atoms with Crippen LogP contribution in [0.15, 0.2) is 41.7 Å². The largest absolute Gasteiger partial charge is 0.331 e. The van der Waals surface area contributed by atoms with Crippen molar-refractivity contribution < 1.29 is 13.2 Å². The number of nitrogens with zero attached hydrogens (tertiary/aromatic N) is 4. The molecule has 2 aliphatic rings. The van der Waals surface area contributed by atoms with Gasteiger partial charge in [-0.05, 0) is 51.4 Å².